The molecule has 0 saturated carbocycles. The Kier molecular flexibility index (Phi) is 5.40. The summed E-state index contributed by atoms with van der Waals surface area (Å²) in [5, 5.41) is 8.23. The number of pyridine rings is 1. The molecule has 6 rings (SSSR count). The maximum atomic E-state index is 13.9. The summed E-state index contributed by atoms with van der Waals surface area (Å²) in [5.74, 6) is 0.904. The molecule has 0 unspecified atom stereocenters. The first kappa shape index (κ1) is 21.6. The maximum absolute atomic E-state index is 13.9. The first-order valence-corrected chi connectivity index (χ1v) is 12.1. The molecule has 1 N–H and O–H groups in total. The van der Waals surface area contributed by atoms with E-state index in [1.54, 1.807) is 16.3 Å². The molecule has 35 heavy (non-hydrogen) atoms. The van der Waals surface area contributed by atoms with E-state index in [1.807, 2.05) is 6.20 Å². The SMILES string of the molecule is CC(C)c1cnn2c(N[C@H]3CCC4=C(C=C(c5ccccc5)C4)C3)nc(-c3cncc(F)c3)nc12. The zero-order valence-electron chi connectivity index (χ0n) is 19.9. The van der Waals surface area contributed by atoms with E-state index in [0.29, 0.717) is 17.3 Å². The summed E-state index contributed by atoms with van der Waals surface area (Å²) < 4.78 is 15.7. The fraction of sp³-hybridized carbons (Fsp3) is 0.286. The standard InChI is InChI=1S/C28H27FN6/c1-17(2)25-16-31-35-27(25)33-26(22-12-23(29)15-30-14-22)34-28(35)32-24-9-8-19-10-20(11-21(19)13-24)18-6-4-3-5-7-18/h3-7,11-12,14-17,24H,8-10,13H2,1-2H3,(H,32,33,34)/t24-/m0/s1. The molecule has 176 valence electrons. The molecule has 0 saturated heterocycles. The van der Waals surface area contributed by atoms with Crippen LogP contribution in [0.5, 0.6) is 0 Å². The fourth-order valence-electron chi connectivity index (χ4n) is 5.08. The van der Waals surface area contributed by atoms with Crippen molar-refractivity contribution in [3.63, 3.8) is 0 Å². The Morgan fingerprint density at radius 1 is 1.06 bits per heavy atom. The van der Waals surface area contributed by atoms with E-state index in [1.165, 1.54) is 29.0 Å². The molecule has 4 aromatic rings. The van der Waals surface area contributed by atoms with Crippen LogP contribution in [0.4, 0.5) is 10.3 Å². The molecule has 2 aliphatic carbocycles. The summed E-state index contributed by atoms with van der Waals surface area (Å²) in [4.78, 5) is 13.5. The average molecular weight is 467 g/mol. The third-order valence-electron chi connectivity index (χ3n) is 6.93. The van der Waals surface area contributed by atoms with Crippen LogP contribution in [0.15, 0.2) is 72.2 Å². The maximum Gasteiger partial charge on any atom is 0.228 e. The topological polar surface area (TPSA) is 68.0 Å². The first-order valence-electron chi connectivity index (χ1n) is 12.1. The van der Waals surface area contributed by atoms with Gasteiger partial charge in [-0.2, -0.15) is 14.6 Å². The molecule has 3 heterocycles. The Balaban J connectivity index is 1.32. The molecule has 7 heteroatoms. The summed E-state index contributed by atoms with van der Waals surface area (Å²) in [5.41, 5.74) is 7.98. The zero-order valence-corrected chi connectivity index (χ0v) is 19.9. The van der Waals surface area contributed by atoms with Gasteiger partial charge in [-0.1, -0.05) is 55.8 Å². The van der Waals surface area contributed by atoms with Crippen LogP contribution in [0, 0.1) is 5.82 Å². The van der Waals surface area contributed by atoms with E-state index in [4.69, 9.17) is 9.97 Å². The Labute approximate surface area is 203 Å². The number of rotatable bonds is 5. The number of hydrogen-bond donors (Lipinski definition) is 1. The molecule has 0 radical (unpaired) electrons. The molecule has 0 bridgehead atoms. The van der Waals surface area contributed by atoms with Crippen molar-refractivity contribution >= 4 is 17.2 Å². The van der Waals surface area contributed by atoms with Crippen LogP contribution in [0.3, 0.4) is 0 Å². The van der Waals surface area contributed by atoms with Gasteiger partial charge in [-0.25, -0.2) is 9.37 Å². The van der Waals surface area contributed by atoms with E-state index in [2.05, 4.69) is 65.7 Å². The van der Waals surface area contributed by atoms with E-state index in [9.17, 15) is 4.39 Å². The van der Waals surface area contributed by atoms with E-state index < -0.39 is 5.82 Å². The highest BCUT2D eigenvalue weighted by Crippen LogP contribution is 2.40. The number of fused-ring (bicyclic) bond motifs is 1. The van der Waals surface area contributed by atoms with Crippen molar-refractivity contribution in [3.05, 3.63) is 89.2 Å². The third kappa shape index (κ3) is 4.11. The minimum atomic E-state index is -0.410. The summed E-state index contributed by atoms with van der Waals surface area (Å²) in [6, 6.07) is 12.3. The number of nitrogens with one attached hydrogen (secondary N) is 1. The zero-order chi connectivity index (χ0) is 23.9. The van der Waals surface area contributed by atoms with Crippen LogP contribution in [0.2, 0.25) is 0 Å². The van der Waals surface area contributed by atoms with Gasteiger partial charge in [0.05, 0.1) is 12.4 Å². The molecular weight excluding hydrogens is 439 g/mol. The van der Waals surface area contributed by atoms with Crippen LogP contribution < -0.4 is 5.32 Å². The lowest BCUT2D eigenvalue weighted by atomic mass is 9.89. The largest absolute Gasteiger partial charge is 0.351 e. The highest BCUT2D eigenvalue weighted by Gasteiger charge is 2.26. The van der Waals surface area contributed by atoms with Gasteiger partial charge >= 0.3 is 0 Å². The van der Waals surface area contributed by atoms with Gasteiger partial charge in [-0.15, -0.1) is 0 Å². The number of anilines is 1. The van der Waals surface area contributed by atoms with E-state index in [-0.39, 0.29) is 12.0 Å². The van der Waals surface area contributed by atoms with Gasteiger partial charge in [0.2, 0.25) is 5.95 Å². The van der Waals surface area contributed by atoms with Crippen molar-refractivity contribution in [2.24, 2.45) is 0 Å². The Hall–Kier alpha value is -3.87. The van der Waals surface area contributed by atoms with Crippen molar-refractivity contribution in [2.75, 3.05) is 5.32 Å². The minimum Gasteiger partial charge on any atom is -0.351 e. The lowest BCUT2D eigenvalue weighted by Crippen LogP contribution is -2.25. The van der Waals surface area contributed by atoms with Crippen LogP contribution >= 0.6 is 0 Å². The second-order valence-electron chi connectivity index (χ2n) is 9.68. The van der Waals surface area contributed by atoms with Gasteiger partial charge < -0.3 is 5.32 Å². The van der Waals surface area contributed by atoms with Gasteiger partial charge in [0.1, 0.15) is 5.82 Å². The van der Waals surface area contributed by atoms with Crippen molar-refractivity contribution in [3.8, 4) is 11.4 Å². The smallest absolute Gasteiger partial charge is 0.228 e. The van der Waals surface area contributed by atoms with Gasteiger partial charge in [-0.3, -0.25) is 4.98 Å². The molecule has 3 aromatic heterocycles. The Morgan fingerprint density at radius 2 is 1.91 bits per heavy atom. The minimum absolute atomic E-state index is 0.225. The number of benzene rings is 1. The summed E-state index contributed by atoms with van der Waals surface area (Å²) in [7, 11) is 0. The summed E-state index contributed by atoms with van der Waals surface area (Å²) in [6.07, 6.45) is 11.1. The number of aromatic nitrogens is 5. The van der Waals surface area contributed by atoms with Crippen molar-refractivity contribution in [1.29, 1.82) is 0 Å². The number of nitrogens with zero attached hydrogens (tertiary/aromatic N) is 5. The van der Waals surface area contributed by atoms with Crippen LogP contribution in [0.25, 0.3) is 22.6 Å². The van der Waals surface area contributed by atoms with E-state index in [0.717, 1.165) is 36.9 Å². The molecule has 0 spiro atoms. The van der Waals surface area contributed by atoms with Crippen molar-refractivity contribution < 1.29 is 4.39 Å². The highest BCUT2D eigenvalue weighted by molar-refractivity contribution is 5.74. The molecule has 0 amide bonds. The number of halogens is 1. The van der Waals surface area contributed by atoms with Crippen molar-refractivity contribution in [2.45, 2.75) is 51.5 Å². The van der Waals surface area contributed by atoms with Crippen molar-refractivity contribution in [1.82, 2.24) is 24.6 Å². The van der Waals surface area contributed by atoms with Crippen LogP contribution in [0.1, 0.15) is 56.6 Å². The third-order valence-corrected chi connectivity index (χ3v) is 6.93. The normalized spacial score (nSPS) is 17.7. The molecule has 0 aliphatic heterocycles. The first-order chi connectivity index (χ1) is 17.0. The van der Waals surface area contributed by atoms with Crippen LogP contribution in [-0.4, -0.2) is 30.6 Å². The van der Waals surface area contributed by atoms with Gasteiger partial charge in [0.15, 0.2) is 11.5 Å². The number of allylic oxidation sites excluding steroid dienone is 3. The predicted octanol–water partition coefficient (Wildman–Crippen LogP) is 6.20. The van der Waals surface area contributed by atoms with Gasteiger partial charge in [-0.05, 0) is 54.4 Å². The lowest BCUT2D eigenvalue weighted by molar-refractivity contribution is 0.601. The fourth-order valence-corrected chi connectivity index (χ4v) is 5.08. The molecule has 6 nitrogen and oxygen atoms in total. The molecule has 2 aliphatic rings. The molecule has 1 aromatic carbocycles. The van der Waals surface area contributed by atoms with Gasteiger partial charge in [0, 0.05) is 23.4 Å². The molecular formula is C28H27FN6. The Bertz CT molecular complexity index is 1470. The van der Waals surface area contributed by atoms with Gasteiger partial charge in [0.25, 0.3) is 0 Å². The summed E-state index contributed by atoms with van der Waals surface area (Å²) in [6.45, 7) is 4.23. The Morgan fingerprint density at radius 3 is 2.71 bits per heavy atom. The predicted molar refractivity (Wildman–Crippen MR) is 135 cm³/mol. The average Bonchev–Trinajstić information content (AvgIpc) is 3.49. The second kappa shape index (κ2) is 8.73. The lowest BCUT2D eigenvalue weighted by Gasteiger charge is -2.25. The van der Waals surface area contributed by atoms with E-state index >= 15 is 0 Å². The van der Waals surface area contributed by atoms with Crippen LogP contribution in [-0.2, 0) is 0 Å². The second-order valence-corrected chi connectivity index (χ2v) is 9.68. The quantitative estimate of drug-likeness (QED) is 0.379. The number of hydrogen-bond acceptors (Lipinski definition) is 5. The monoisotopic (exact) mass is 466 g/mol. The summed E-state index contributed by atoms with van der Waals surface area (Å²) >= 11 is 0. The molecule has 0 fully saturated rings. The molecule has 1 atom stereocenters. The highest BCUT2D eigenvalue weighted by atomic mass is 19.1.